The predicted octanol–water partition coefficient (Wildman–Crippen LogP) is 1.25. The fourth-order valence-corrected chi connectivity index (χ4v) is 1.41. The van der Waals surface area contributed by atoms with Gasteiger partial charge in [0, 0.05) is 11.6 Å². The van der Waals surface area contributed by atoms with E-state index in [1.807, 2.05) is 0 Å². The smallest absolute Gasteiger partial charge is 0.379 e. The quantitative estimate of drug-likeness (QED) is 0.383. The van der Waals surface area contributed by atoms with Crippen LogP contribution in [0.1, 0.15) is 12.5 Å². The monoisotopic (exact) mass is 262 g/mol. The topological polar surface area (TPSA) is 103 Å². The van der Waals surface area contributed by atoms with Crippen LogP contribution in [0.15, 0.2) is 28.9 Å². The molecule has 98 valence electrons. The van der Waals surface area contributed by atoms with Crippen molar-refractivity contribution in [2.45, 2.75) is 6.92 Å². The Labute approximate surface area is 107 Å². The standard InChI is InChI=1S/C12H10N2O5/c1-2-18-12(17)11(16)6-10(15)7-3-4-8-9(5-7)14-19-13-8/h3-6,15H,2H2,1H3. The molecule has 0 aliphatic heterocycles. The molecule has 1 aromatic heterocycles. The third kappa shape index (κ3) is 2.76. The van der Waals surface area contributed by atoms with E-state index < -0.39 is 11.8 Å². The summed E-state index contributed by atoms with van der Waals surface area (Å²) in [6.07, 6.45) is 0.798. The van der Waals surface area contributed by atoms with E-state index in [0.29, 0.717) is 16.6 Å². The van der Waals surface area contributed by atoms with Crippen molar-refractivity contribution in [3.8, 4) is 0 Å². The first-order valence-electron chi connectivity index (χ1n) is 5.46. The number of ketones is 1. The molecular weight excluding hydrogens is 252 g/mol. The van der Waals surface area contributed by atoms with Crippen molar-refractivity contribution in [1.29, 1.82) is 0 Å². The van der Waals surface area contributed by atoms with Crippen LogP contribution in [0.3, 0.4) is 0 Å². The normalized spacial score (nSPS) is 11.5. The van der Waals surface area contributed by atoms with Gasteiger partial charge >= 0.3 is 5.97 Å². The first-order valence-corrected chi connectivity index (χ1v) is 5.46. The minimum Gasteiger partial charge on any atom is -0.507 e. The molecular formula is C12H10N2O5. The predicted molar refractivity (Wildman–Crippen MR) is 64.0 cm³/mol. The summed E-state index contributed by atoms with van der Waals surface area (Å²) in [5.74, 6) is -2.31. The SMILES string of the molecule is CCOC(=O)C(=O)C=C(O)c1ccc2nonc2c1. The number of rotatable bonds is 4. The summed E-state index contributed by atoms with van der Waals surface area (Å²) < 4.78 is 9.03. The van der Waals surface area contributed by atoms with Crippen molar-refractivity contribution in [3.63, 3.8) is 0 Å². The van der Waals surface area contributed by atoms with Gasteiger partial charge in [-0.15, -0.1) is 0 Å². The number of aliphatic hydroxyl groups is 1. The molecule has 0 unspecified atom stereocenters. The molecule has 0 aliphatic rings. The second-order valence-electron chi connectivity index (χ2n) is 3.58. The van der Waals surface area contributed by atoms with Gasteiger partial charge in [0.15, 0.2) is 0 Å². The number of benzene rings is 1. The number of nitrogens with zero attached hydrogens (tertiary/aromatic N) is 2. The highest BCUT2D eigenvalue weighted by molar-refractivity contribution is 6.39. The van der Waals surface area contributed by atoms with Crippen molar-refractivity contribution in [3.05, 3.63) is 29.8 Å². The van der Waals surface area contributed by atoms with Gasteiger partial charge in [-0.1, -0.05) is 0 Å². The fraction of sp³-hybridized carbons (Fsp3) is 0.167. The molecule has 19 heavy (non-hydrogen) atoms. The molecule has 1 N–H and O–H groups in total. The van der Waals surface area contributed by atoms with Crippen LogP contribution >= 0.6 is 0 Å². The molecule has 1 aromatic carbocycles. The van der Waals surface area contributed by atoms with Gasteiger partial charge in [-0.3, -0.25) is 4.79 Å². The number of hydrogen-bond acceptors (Lipinski definition) is 7. The lowest BCUT2D eigenvalue weighted by molar-refractivity contribution is -0.151. The van der Waals surface area contributed by atoms with Crippen LogP contribution in [-0.2, 0) is 14.3 Å². The van der Waals surface area contributed by atoms with E-state index in [2.05, 4.69) is 19.7 Å². The van der Waals surface area contributed by atoms with E-state index in [0.717, 1.165) is 6.08 Å². The van der Waals surface area contributed by atoms with E-state index >= 15 is 0 Å². The van der Waals surface area contributed by atoms with Gasteiger partial charge in [0.1, 0.15) is 16.8 Å². The average molecular weight is 262 g/mol. The van der Waals surface area contributed by atoms with Gasteiger partial charge in [0.05, 0.1) is 6.61 Å². The van der Waals surface area contributed by atoms with Crippen LogP contribution in [0.25, 0.3) is 16.8 Å². The molecule has 0 aliphatic carbocycles. The maximum absolute atomic E-state index is 11.4. The second kappa shape index (κ2) is 5.30. The zero-order valence-corrected chi connectivity index (χ0v) is 9.99. The maximum Gasteiger partial charge on any atom is 0.379 e. The Morgan fingerprint density at radius 2 is 2.11 bits per heavy atom. The van der Waals surface area contributed by atoms with Crippen LogP contribution in [0.2, 0.25) is 0 Å². The molecule has 2 rings (SSSR count). The van der Waals surface area contributed by atoms with Gasteiger partial charge in [0.25, 0.3) is 5.78 Å². The maximum atomic E-state index is 11.4. The van der Waals surface area contributed by atoms with Crippen molar-refractivity contribution in [2.75, 3.05) is 6.61 Å². The highest BCUT2D eigenvalue weighted by Crippen LogP contribution is 2.17. The number of carbonyl (C=O) groups excluding carboxylic acids is 2. The Hall–Kier alpha value is -2.70. The molecule has 0 spiro atoms. The van der Waals surface area contributed by atoms with E-state index in [4.69, 9.17) is 0 Å². The Morgan fingerprint density at radius 1 is 1.37 bits per heavy atom. The summed E-state index contributed by atoms with van der Waals surface area (Å²) >= 11 is 0. The Bertz CT molecular complexity index is 659. The Kier molecular flexibility index (Phi) is 3.56. The molecule has 0 radical (unpaired) electrons. The number of aromatic nitrogens is 2. The van der Waals surface area contributed by atoms with Crippen molar-refractivity contribution < 1.29 is 24.1 Å². The molecule has 0 fully saturated rings. The largest absolute Gasteiger partial charge is 0.507 e. The zero-order chi connectivity index (χ0) is 13.8. The second-order valence-corrected chi connectivity index (χ2v) is 3.58. The molecule has 7 heteroatoms. The first-order chi connectivity index (χ1) is 9.11. The molecule has 2 aromatic rings. The Morgan fingerprint density at radius 3 is 2.84 bits per heavy atom. The van der Waals surface area contributed by atoms with E-state index in [1.165, 1.54) is 12.1 Å². The summed E-state index contributed by atoms with van der Waals surface area (Å²) in [6, 6.07) is 4.58. The van der Waals surface area contributed by atoms with Crippen LogP contribution in [0.5, 0.6) is 0 Å². The van der Waals surface area contributed by atoms with E-state index in [-0.39, 0.29) is 12.4 Å². The van der Waals surface area contributed by atoms with Crippen molar-refractivity contribution in [2.24, 2.45) is 0 Å². The fourth-order valence-electron chi connectivity index (χ4n) is 1.41. The average Bonchev–Trinajstić information content (AvgIpc) is 2.85. The van der Waals surface area contributed by atoms with Crippen LogP contribution in [-0.4, -0.2) is 33.8 Å². The summed E-state index contributed by atoms with van der Waals surface area (Å²) in [5.41, 5.74) is 1.27. The summed E-state index contributed by atoms with van der Waals surface area (Å²) in [6.45, 7) is 1.68. The van der Waals surface area contributed by atoms with Crippen molar-refractivity contribution >= 4 is 28.5 Å². The van der Waals surface area contributed by atoms with Crippen LogP contribution < -0.4 is 0 Å². The van der Waals surface area contributed by atoms with Gasteiger partial charge in [-0.25, -0.2) is 9.42 Å². The minimum atomic E-state index is -1.02. The lowest BCUT2D eigenvalue weighted by Crippen LogP contribution is -2.15. The van der Waals surface area contributed by atoms with E-state index in [9.17, 15) is 14.7 Å². The molecule has 1 heterocycles. The summed E-state index contributed by atoms with van der Waals surface area (Å²) in [4.78, 5) is 22.5. The van der Waals surface area contributed by atoms with Crippen LogP contribution in [0, 0.1) is 0 Å². The molecule has 0 atom stereocenters. The highest BCUT2D eigenvalue weighted by atomic mass is 16.6. The van der Waals surface area contributed by atoms with Gasteiger partial charge in [0.2, 0.25) is 0 Å². The molecule has 0 saturated carbocycles. The zero-order valence-electron chi connectivity index (χ0n) is 9.99. The lowest BCUT2D eigenvalue weighted by Gasteiger charge is -2.00. The lowest BCUT2D eigenvalue weighted by atomic mass is 10.1. The van der Waals surface area contributed by atoms with Gasteiger partial charge in [-0.2, -0.15) is 0 Å². The summed E-state index contributed by atoms with van der Waals surface area (Å²) in [7, 11) is 0. The minimum absolute atomic E-state index is 0.0930. The number of esters is 1. The third-order valence-corrected chi connectivity index (χ3v) is 2.29. The number of aliphatic hydroxyl groups excluding tert-OH is 1. The van der Waals surface area contributed by atoms with Gasteiger partial charge < -0.3 is 9.84 Å². The first kappa shape index (κ1) is 12.7. The number of carbonyl (C=O) groups is 2. The number of ether oxygens (including phenoxy) is 1. The van der Waals surface area contributed by atoms with E-state index in [1.54, 1.807) is 13.0 Å². The van der Waals surface area contributed by atoms with Crippen molar-refractivity contribution in [1.82, 2.24) is 10.3 Å². The molecule has 0 amide bonds. The number of fused-ring (bicyclic) bond motifs is 1. The molecule has 0 saturated heterocycles. The highest BCUT2D eigenvalue weighted by Gasteiger charge is 2.14. The number of hydrogen-bond donors (Lipinski definition) is 1. The summed E-state index contributed by atoms with van der Waals surface area (Å²) in [5, 5.41) is 17.0. The molecule has 7 nitrogen and oxygen atoms in total. The van der Waals surface area contributed by atoms with Crippen LogP contribution in [0.4, 0.5) is 0 Å². The van der Waals surface area contributed by atoms with Gasteiger partial charge in [-0.05, 0) is 35.4 Å². The third-order valence-electron chi connectivity index (χ3n) is 2.29. The Balaban J connectivity index is 2.24. The molecule has 0 bridgehead atoms.